The molecule has 5 heteroatoms. The third-order valence-corrected chi connectivity index (χ3v) is 6.35. The van der Waals surface area contributed by atoms with Crippen molar-refractivity contribution in [1.82, 2.24) is 14.4 Å². The first kappa shape index (κ1) is 15.5. The molecule has 0 atom stereocenters. The zero-order valence-corrected chi connectivity index (χ0v) is 16.2. The highest BCUT2D eigenvalue weighted by atomic mass is 16.3. The van der Waals surface area contributed by atoms with E-state index < -0.39 is 0 Å². The van der Waals surface area contributed by atoms with Crippen LogP contribution in [0.4, 0.5) is 0 Å². The van der Waals surface area contributed by atoms with Crippen LogP contribution in [0.25, 0.3) is 71.2 Å². The minimum atomic E-state index is 0.856. The number of rotatable bonds is 0. The lowest BCUT2D eigenvalue weighted by Gasteiger charge is -2.08. The molecule has 5 heterocycles. The van der Waals surface area contributed by atoms with Crippen LogP contribution >= 0.6 is 0 Å². The SMILES string of the molecule is c1ccc2c(c1)oc1cc3c(cc12)oc1c3ccc2c1c1ccncc1c1nccn21. The van der Waals surface area contributed by atoms with Gasteiger partial charge < -0.3 is 8.83 Å². The number of benzene rings is 3. The molecule has 0 saturated heterocycles. The lowest BCUT2D eigenvalue weighted by molar-refractivity contribution is 0.665. The van der Waals surface area contributed by atoms with Crippen LogP contribution in [0, 0.1) is 0 Å². The van der Waals surface area contributed by atoms with E-state index in [1.807, 2.05) is 49.1 Å². The maximum absolute atomic E-state index is 6.53. The Morgan fingerprint density at radius 1 is 0.677 bits per heavy atom. The van der Waals surface area contributed by atoms with Crippen LogP contribution in [-0.2, 0) is 0 Å². The lowest BCUT2D eigenvalue weighted by atomic mass is 10.0. The predicted molar refractivity (Wildman–Crippen MR) is 123 cm³/mol. The number of hydrogen-bond acceptors (Lipinski definition) is 4. The standard InChI is InChI=1S/C26H13N3O2/c1-2-4-21-14(3-1)17-11-23-18(12-22(17)30-21)16-5-6-20-24(25(16)31-23)15-7-8-27-13-19(15)26-28-9-10-29(20)26/h1-13H. The molecule has 8 aromatic rings. The zero-order chi connectivity index (χ0) is 20.1. The van der Waals surface area contributed by atoms with Gasteiger partial charge in [-0.2, -0.15) is 0 Å². The summed E-state index contributed by atoms with van der Waals surface area (Å²) in [5.41, 5.74) is 5.45. The van der Waals surface area contributed by atoms with E-state index in [0.717, 1.165) is 71.2 Å². The number of nitrogens with zero attached hydrogens (tertiary/aromatic N) is 3. The monoisotopic (exact) mass is 399 g/mol. The number of aromatic nitrogens is 3. The predicted octanol–water partition coefficient (Wildman–Crippen LogP) is 6.83. The number of para-hydroxylation sites is 1. The van der Waals surface area contributed by atoms with Gasteiger partial charge in [0.25, 0.3) is 0 Å². The van der Waals surface area contributed by atoms with E-state index in [4.69, 9.17) is 8.83 Å². The van der Waals surface area contributed by atoms with Crippen molar-refractivity contribution in [2.24, 2.45) is 0 Å². The Hall–Kier alpha value is -4.38. The van der Waals surface area contributed by atoms with Crippen LogP contribution in [0.3, 0.4) is 0 Å². The Morgan fingerprint density at radius 2 is 1.55 bits per heavy atom. The summed E-state index contributed by atoms with van der Waals surface area (Å²) in [7, 11) is 0. The minimum absolute atomic E-state index is 0.856. The molecule has 0 aliphatic heterocycles. The molecule has 5 nitrogen and oxygen atoms in total. The molecule has 0 N–H and O–H groups in total. The number of fused-ring (bicyclic) bond motifs is 13. The minimum Gasteiger partial charge on any atom is -0.456 e. The third kappa shape index (κ3) is 1.82. The van der Waals surface area contributed by atoms with Crippen LogP contribution in [0.5, 0.6) is 0 Å². The van der Waals surface area contributed by atoms with Crippen molar-refractivity contribution < 1.29 is 8.83 Å². The highest BCUT2D eigenvalue weighted by molar-refractivity contribution is 6.25. The fourth-order valence-corrected chi connectivity index (χ4v) is 5.00. The van der Waals surface area contributed by atoms with Gasteiger partial charge in [0, 0.05) is 57.1 Å². The maximum atomic E-state index is 6.53. The fourth-order valence-electron chi connectivity index (χ4n) is 5.00. The molecular weight excluding hydrogens is 386 g/mol. The van der Waals surface area contributed by atoms with Crippen molar-refractivity contribution >= 4 is 71.2 Å². The second-order valence-corrected chi connectivity index (χ2v) is 7.92. The lowest BCUT2D eigenvalue weighted by Crippen LogP contribution is -1.91. The molecule has 0 fully saturated rings. The molecule has 0 spiro atoms. The molecule has 0 radical (unpaired) electrons. The maximum Gasteiger partial charge on any atom is 0.146 e. The summed E-state index contributed by atoms with van der Waals surface area (Å²) in [6, 6.07) is 18.6. The largest absolute Gasteiger partial charge is 0.456 e. The van der Waals surface area contributed by atoms with Gasteiger partial charge in [0.15, 0.2) is 0 Å². The molecule has 144 valence electrons. The molecule has 31 heavy (non-hydrogen) atoms. The molecule has 0 saturated carbocycles. The van der Waals surface area contributed by atoms with Gasteiger partial charge in [0.1, 0.15) is 28.0 Å². The summed E-state index contributed by atoms with van der Waals surface area (Å²) in [6.07, 6.45) is 7.50. The molecule has 8 rings (SSSR count). The number of imidazole rings is 1. The molecule has 0 bridgehead atoms. The van der Waals surface area contributed by atoms with Crippen LogP contribution in [0.2, 0.25) is 0 Å². The molecule has 0 aliphatic carbocycles. The van der Waals surface area contributed by atoms with E-state index in [1.54, 1.807) is 0 Å². The van der Waals surface area contributed by atoms with Gasteiger partial charge in [-0.25, -0.2) is 4.98 Å². The highest BCUT2D eigenvalue weighted by Crippen LogP contribution is 2.41. The molecule has 5 aromatic heterocycles. The van der Waals surface area contributed by atoms with E-state index in [0.29, 0.717) is 0 Å². The summed E-state index contributed by atoms with van der Waals surface area (Å²) in [5.74, 6) is 0. The second kappa shape index (κ2) is 5.21. The zero-order valence-electron chi connectivity index (χ0n) is 16.2. The topological polar surface area (TPSA) is 56.5 Å². The van der Waals surface area contributed by atoms with Crippen molar-refractivity contribution in [3.05, 3.63) is 79.4 Å². The van der Waals surface area contributed by atoms with Crippen molar-refractivity contribution in [2.45, 2.75) is 0 Å². The third-order valence-electron chi connectivity index (χ3n) is 6.35. The summed E-state index contributed by atoms with van der Waals surface area (Å²) in [5, 5.41) is 7.45. The Bertz CT molecular complexity index is 2010. The van der Waals surface area contributed by atoms with Crippen LogP contribution in [-0.4, -0.2) is 14.4 Å². The number of furan rings is 2. The normalized spacial score (nSPS) is 12.5. The van der Waals surface area contributed by atoms with Crippen molar-refractivity contribution in [2.75, 3.05) is 0 Å². The van der Waals surface area contributed by atoms with Crippen LogP contribution in [0.15, 0.2) is 88.2 Å². The van der Waals surface area contributed by atoms with E-state index in [1.165, 1.54) is 0 Å². The Morgan fingerprint density at radius 3 is 2.52 bits per heavy atom. The van der Waals surface area contributed by atoms with Gasteiger partial charge >= 0.3 is 0 Å². The summed E-state index contributed by atoms with van der Waals surface area (Å²) in [6.45, 7) is 0. The first-order chi connectivity index (χ1) is 15.4. The molecule has 0 unspecified atom stereocenters. The van der Waals surface area contributed by atoms with Gasteiger partial charge in [-0.1, -0.05) is 18.2 Å². The Kier molecular flexibility index (Phi) is 2.60. The highest BCUT2D eigenvalue weighted by Gasteiger charge is 2.18. The number of hydrogen-bond donors (Lipinski definition) is 0. The first-order valence-corrected chi connectivity index (χ1v) is 10.2. The van der Waals surface area contributed by atoms with Gasteiger partial charge in [-0.3, -0.25) is 9.38 Å². The van der Waals surface area contributed by atoms with Crippen LogP contribution < -0.4 is 0 Å². The number of pyridine rings is 2. The summed E-state index contributed by atoms with van der Waals surface area (Å²) < 4.78 is 14.8. The average molecular weight is 399 g/mol. The van der Waals surface area contributed by atoms with Crippen molar-refractivity contribution in [1.29, 1.82) is 0 Å². The van der Waals surface area contributed by atoms with Crippen molar-refractivity contribution in [3.8, 4) is 0 Å². The fraction of sp³-hybridized carbons (Fsp3) is 0. The van der Waals surface area contributed by atoms with Gasteiger partial charge in [0.05, 0.1) is 10.9 Å². The van der Waals surface area contributed by atoms with Crippen LogP contribution in [0.1, 0.15) is 0 Å². The quantitative estimate of drug-likeness (QED) is 0.262. The van der Waals surface area contributed by atoms with E-state index in [9.17, 15) is 0 Å². The Balaban J connectivity index is 1.62. The van der Waals surface area contributed by atoms with Gasteiger partial charge in [0.2, 0.25) is 0 Å². The molecule has 3 aromatic carbocycles. The first-order valence-electron chi connectivity index (χ1n) is 10.2. The average Bonchev–Trinajstić information content (AvgIpc) is 3.52. The second-order valence-electron chi connectivity index (χ2n) is 7.92. The smallest absolute Gasteiger partial charge is 0.146 e. The molecular formula is C26H13N3O2. The summed E-state index contributed by atoms with van der Waals surface area (Å²) in [4.78, 5) is 8.89. The van der Waals surface area contributed by atoms with E-state index in [-0.39, 0.29) is 0 Å². The Labute approximate surface area is 174 Å². The van der Waals surface area contributed by atoms with E-state index >= 15 is 0 Å². The van der Waals surface area contributed by atoms with Gasteiger partial charge in [-0.15, -0.1) is 0 Å². The van der Waals surface area contributed by atoms with E-state index in [2.05, 4.69) is 44.7 Å². The van der Waals surface area contributed by atoms with Gasteiger partial charge in [-0.05, 0) is 36.4 Å². The van der Waals surface area contributed by atoms with Crippen molar-refractivity contribution in [3.63, 3.8) is 0 Å². The molecule has 0 amide bonds. The molecule has 0 aliphatic rings. The summed E-state index contributed by atoms with van der Waals surface area (Å²) >= 11 is 0.